The molecule has 0 radical (unpaired) electrons. The Bertz CT molecular complexity index is 914. The van der Waals surface area contributed by atoms with Gasteiger partial charge in [-0.15, -0.1) is 5.10 Å². The van der Waals surface area contributed by atoms with E-state index in [2.05, 4.69) is 23.2 Å². The Morgan fingerprint density at radius 2 is 1.72 bits per heavy atom. The van der Waals surface area contributed by atoms with E-state index in [1.807, 2.05) is 0 Å². The molecule has 0 saturated carbocycles. The maximum Gasteiger partial charge on any atom is 1.00 e. The third-order valence-electron chi connectivity index (χ3n) is 3.13. The Labute approximate surface area is 215 Å². The Kier molecular flexibility index (Phi) is 14.3. The first-order valence-electron chi connectivity index (χ1n) is 7.06. The largest absolute Gasteiger partial charge is 1.00 e. The maximum atomic E-state index is 11.6. The molecule has 1 saturated heterocycles. The third-order valence-corrected chi connectivity index (χ3v) is 6.83. The number of hydrogen-bond donors (Lipinski definition) is 4. The number of primary amides is 1. The van der Waals surface area contributed by atoms with Gasteiger partial charge in [0.25, 0.3) is 13.7 Å². The molecule has 0 bridgehead atoms. The molecule has 2 rings (SSSR count). The van der Waals surface area contributed by atoms with E-state index in [-0.39, 0.29) is 56.6 Å². The number of aliphatic hydroxyl groups excluding tert-OH is 2. The van der Waals surface area contributed by atoms with E-state index in [1.165, 1.54) is 0 Å². The monoisotopic (exact) mass is 502 g/mol. The average molecular weight is 502 g/mol. The van der Waals surface area contributed by atoms with Crippen molar-refractivity contribution in [1.29, 1.82) is 0 Å². The van der Waals surface area contributed by atoms with Gasteiger partial charge in [0.05, 0.1) is 14.4 Å². The first-order valence-corrected chi connectivity index (χ1v) is 11.5. The molecule has 1 amide bonds. The molecule has 5 N–H and O–H groups in total. The van der Waals surface area contributed by atoms with Crippen molar-refractivity contribution in [2.45, 2.75) is 24.5 Å². The van der Waals surface area contributed by atoms with E-state index in [0.717, 1.165) is 11.0 Å². The van der Waals surface area contributed by atoms with Gasteiger partial charge in [0.1, 0.15) is 24.6 Å². The minimum atomic E-state index is -6.11. The van der Waals surface area contributed by atoms with Crippen molar-refractivity contribution in [3.63, 3.8) is 0 Å². The van der Waals surface area contributed by atoms with Gasteiger partial charge < -0.3 is 44.8 Å². The fraction of sp³-hybridized carbons (Fsp3) is 0.625. The van der Waals surface area contributed by atoms with Crippen molar-refractivity contribution in [2.75, 3.05) is 6.61 Å². The molecule has 0 spiro atoms. The van der Waals surface area contributed by atoms with E-state index >= 15 is 0 Å². The molecule has 1 aromatic rings. The molecular weight excluding hydrogens is 490 g/mol. The van der Waals surface area contributed by atoms with Gasteiger partial charge >= 0.3 is 64.4 Å². The number of carbonyl (C=O) groups excluding carboxylic acids is 1. The summed E-state index contributed by atoms with van der Waals surface area (Å²) in [5, 5.41) is 23.5. The summed E-state index contributed by atoms with van der Waals surface area (Å²) in [6.07, 6.45) is -5.54. The summed E-state index contributed by atoms with van der Waals surface area (Å²) in [7, 11) is -17.8. The zero-order valence-electron chi connectivity index (χ0n) is 16.7. The van der Waals surface area contributed by atoms with Crippen LogP contribution < -0.4 is 77.0 Å². The van der Waals surface area contributed by atoms with Crippen molar-refractivity contribution < 1.29 is 123 Å². The number of amides is 1. The minimum Gasteiger partial charge on any atom is -0.790 e. The summed E-state index contributed by atoms with van der Waals surface area (Å²) < 4.78 is 49.6. The second kappa shape index (κ2) is 13.1. The molecule has 24 heteroatoms. The van der Waals surface area contributed by atoms with E-state index in [9.17, 15) is 48.3 Å². The molecule has 6 atom stereocenters. The minimum absolute atomic E-state index is 0. The van der Waals surface area contributed by atoms with Crippen LogP contribution in [0.4, 0.5) is 0 Å². The molecule has 1 aliphatic heterocycles. The molecule has 1 aliphatic rings. The number of carbonyl (C=O) groups is 1. The number of rotatable bonds is 9. The molecule has 2 heterocycles. The predicted molar refractivity (Wildman–Crippen MR) is 77.6 cm³/mol. The summed E-state index contributed by atoms with van der Waals surface area (Å²) in [5.74, 6) is -1.44. The standard InChI is InChI=1S/C8H15N4O14P3.3Li/c9-6(15)7-10-2-12(11-7)8-5(14)4(13)3(24-8)1-23-28(19,20)26-29(21,22)25-27(16,17)18;;;/h2-5,8,13-14H,1H2,(H2,9,15)(H,19,20)(H,21,22)(H2,16,17,18);;;/q;3*+1/p-3/t3-,4-,5-,8-;;;/m1.../s1. The fourth-order valence-electron chi connectivity index (χ4n) is 2.05. The van der Waals surface area contributed by atoms with Crippen molar-refractivity contribution in [3.05, 3.63) is 12.2 Å². The van der Waals surface area contributed by atoms with Crippen LogP contribution in [0.5, 0.6) is 0 Å². The van der Waals surface area contributed by atoms with Gasteiger partial charge in [0, 0.05) is 0 Å². The molecule has 18 nitrogen and oxygen atoms in total. The SMILES string of the molecule is NC(=O)c1ncn([C@@H]2O[C@H](COP(=O)(O)OP(=O)([O-])OP(=O)([O-])[O-])[C@@H](O)[C@H]2O)n1.[Li+].[Li+].[Li+]. The molecule has 1 fully saturated rings. The van der Waals surface area contributed by atoms with Gasteiger partial charge in [-0.25, -0.2) is 18.5 Å². The van der Waals surface area contributed by atoms with Crippen LogP contribution >= 0.6 is 23.5 Å². The van der Waals surface area contributed by atoms with E-state index in [1.54, 1.807) is 0 Å². The summed E-state index contributed by atoms with van der Waals surface area (Å²) in [5.41, 5.74) is 4.96. The zero-order valence-corrected chi connectivity index (χ0v) is 19.4. The molecule has 0 aromatic carbocycles. The van der Waals surface area contributed by atoms with Crippen LogP contribution in [0, 0.1) is 0 Å². The molecule has 0 aliphatic carbocycles. The fourth-order valence-corrected chi connectivity index (χ4v) is 4.95. The van der Waals surface area contributed by atoms with Crippen LogP contribution in [0.15, 0.2) is 6.33 Å². The number of aromatic nitrogens is 3. The van der Waals surface area contributed by atoms with Crippen LogP contribution in [-0.2, 0) is 31.6 Å². The number of phosphoric ester groups is 1. The van der Waals surface area contributed by atoms with Crippen LogP contribution in [0.25, 0.3) is 0 Å². The topological polar surface area (TPSA) is 292 Å². The van der Waals surface area contributed by atoms with Crippen molar-refractivity contribution >= 4 is 29.4 Å². The van der Waals surface area contributed by atoms with Crippen LogP contribution in [0.2, 0.25) is 0 Å². The molecule has 166 valence electrons. The van der Waals surface area contributed by atoms with E-state index in [4.69, 9.17) is 10.5 Å². The normalized spacial score (nSPS) is 26.6. The second-order valence-electron chi connectivity index (χ2n) is 5.28. The molecule has 1 aromatic heterocycles. The van der Waals surface area contributed by atoms with Gasteiger partial charge in [0.2, 0.25) is 5.82 Å². The van der Waals surface area contributed by atoms with Crippen LogP contribution in [-0.4, -0.2) is 60.7 Å². The Morgan fingerprint density at radius 1 is 1.16 bits per heavy atom. The zero-order chi connectivity index (χ0) is 22.2. The summed E-state index contributed by atoms with van der Waals surface area (Å²) in [6, 6.07) is 0. The Balaban J connectivity index is 0. The molecule has 2 unspecified atom stereocenters. The number of phosphoric acid groups is 3. The van der Waals surface area contributed by atoms with Crippen molar-refractivity contribution in [2.24, 2.45) is 5.73 Å². The maximum absolute atomic E-state index is 11.6. The molecule has 32 heavy (non-hydrogen) atoms. The summed E-state index contributed by atoms with van der Waals surface area (Å²) in [4.78, 5) is 55.4. The first kappa shape index (κ1) is 34.9. The Hall–Kier alpha value is 0.692. The van der Waals surface area contributed by atoms with Gasteiger partial charge in [-0.2, -0.15) is 0 Å². The van der Waals surface area contributed by atoms with Gasteiger partial charge in [-0.05, 0) is 0 Å². The summed E-state index contributed by atoms with van der Waals surface area (Å²) in [6.45, 7) is -1.06. The number of hydrogen-bond acceptors (Lipinski definition) is 15. The quantitative estimate of drug-likeness (QED) is 0.180. The second-order valence-corrected chi connectivity index (χ2v) is 9.57. The van der Waals surface area contributed by atoms with Crippen molar-refractivity contribution in [3.8, 4) is 0 Å². The predicted octanol–water partition coefficient (Wildman–Crippen LogP) is -13.5. The third kappa shape index (κ3) is 10.1. The van der Waals surface area contributed by atoms with Crippen molar-refractivity contribution in [1.82, 2.24) is 14.8 Å². The number of nitrogens with two attached hydrogens (primary N) is 1. The van der Waals surface area contributed by atoms with Gasteiger partial charge in [-0.1, -0.05) is 0 Å². The number of nitrogens with zero attached hydrogens (tertiary/aromatic N) is 3. The van der Waals surface area contributed by atoms with Crippen LogP contribution in [0.1, 0.15) is 16.8 Å². The van der Waals surface area contributed by atoms with E-state index < -0.39 is 66.3 Å². The number of ether oxygens (including phenoxy) is 1. The summed E-state index contributed by atoms with van der Waals surface area (Å²) >= 11 is 0. The van der Waals surface area contributed by atoms with E-state index in [0.29, 0.717) is 0 Å². The van der Waals surface area contributed by atoms with Gasteiger partial charge in [0.15, 0.2) is 6.23 Å². The number of aliphatic hydroxyl groups is 2. The van der Waals surface area contributed by atoms with Crippen LogP contribution in [0.3, 0.4) is 0 Å². The molecular formula is C8H12Li3N4O14P3. The first-order chi connectivity index (χ1) is 13.1. The average Bonchev–Trinajstić information content (AvgIpc) is 3.09. The Morgan fingerprint density at radius 3 is 2.19 bits per heavy atom. The van der Waals surface area contributed by atoms with Gasteiger partial charge in [-0.3, -0.25) is 18.2 Å². The smallest absolute Gasteiger partial charge is 0.790 e.